The van der Waals surface area contributed by atoms with Crippen LogP contribution in [0.1, 0.15) is 5.56 Å². The van der Waals surface area contributed by atoms with Gasteiger partial charge in [-0.2, -0.15) is 0 Å². The summed E-state index contributed by atoms with van der Waals surface area (Å²) in [5.74, 6) is 2.35. The summed E-state index contributed by atoms with van der Waals surface area (Å²) in [5.41, 5.74) is 0.957. The average molecular weight is 371 g/mol. The zero-order valence-corrected chi connectivity index (χ0v) is 15.7. The molecule has 144 valence electrons. The number of nitrogens with zero attached hydrogens (tertiary/aromatic N) is 1. The molecule has 0 unspecified atom stereocenters. The number of ether oxygens (including phenoxy) is 4. The van der Waals surface area contributed by atoms with Crippen molar-refractivity contribution in [2.75, 3.05) is 40.5 Å². The number of carbonyl (C=O) groups is 1. The van der Waals surface area contributed by atoms with E-state index in [1.54, 1.807) is 14.2 Å². The van der Waals surface area contributed by atoms with E-state index < -0.39 is 0 Å². The van der Waals surface area contributed by atoms with Gasteiger partial charge in [0.2, 0.25) is 5.91 Å². The third kappa shape index (κ3) is 5.37. The van der Waals surface area contributed by atoms with Crippen molar-refractivity contribution in [3.8, 4) is 17.2 Å². The first-order valence-electron chi connectivity index (χ1n) is 8.97. The Balaban J connectivity index is 1.59. The molecule has 6 heteroatoms. The van der Waals surface area contributed by atoms with Crippen LogP contribution < -0.4 is 14.2 Å². The maximum absolute atomic E-state index is 12.7. The molecule has 27 heavy (non-hydrogen) atoms. The standard InChI is InChI=1S/C21H25NO5/c1-24-17-5-3-16(4-6-17)13-21(23)22-11-12-26-15-20(14-22)27-19-9-7-18(25-2)8-10-19/h3-10,20H,11-15H2,1-2H3/t20-/m1/s1. The van der Waals surface area contributed by atoms with Crippen LogP contribution in [-0.4, -0.2) is 57.4 Å². The van der Waals surface area contributed by atoms with Gasteiger partial charge in [-0.3, -0.25) is 4.79 Å². The van der Waals surface area contributed by atoms with E-state index >= 15 is 0 Å². The molecule has 1 aliphatic heterocycles. The fourth-order valence-electron chi connectivity index (χ4n) is 2.95. The van der Waals surface area contributed by atoms with E-state index in [-0.39, 0.29) is 12.0 Å². The highest BCUT2D eigenvalue weighted by Crippen LogP contribution is 2.19. The van der Waals surface area contributed by atoms with Gasteiger partial charge in [0, 0.05) is 6.54 Å². The smallest absolute Gasteiger partial charge is 0.227 e. The molecule has 0 spiro atoms. The monoisotopic (exact) mass is 371 g/mol. The second kappa shape index (κ2) is 9.28. The first-order chi connectivity index (χ1) is 13.2. The van der Waals surface area contributed by atoms with Crippen molar-refractivity contribution in [3.63, 3.8) is 0 Å². The van der Waals surface area contributed by atoms with E-state index in [1.165, 1.54) is 0 Å². The zero-order valence-electron chi connectivity index (χ0n) is 15.7. The van der Waals surface area contributed by atoms with Crippen LogP contribution >= 0.6 is 0 Å². The highest BCUT2D eigenvalue weighted by atomic mass is 16.5. The second-order valence-electron chi connectivity index (χ2n) is 6.35. The minimum atomic E-state index is -0.208. The van der Waals surface area contributed by atoms with E-state index in [2.05, 4.69) is 0 Å². The van der Waals surface area contributed by atoms with Crippen LogP contribution in [0.25, 0.3) is 0 Å². The maximum Gasteiger partial charge on any atom is 0.227 e. The molecule has 1 aliphatic rings. The Kier molecular flexibility index (Phi) is 6.54. The summed E-state index contributed by atoms with van der Waals surface area (Å²) in [7, 11) is 3.25. The third-order valence-electron chi connectivity index (χ3n) is 4.46. The van der Waals surface area contributed by atoms with Crippen LogP contribution in [0.15, 0.2) is 48.5 Å². The van der Waals surface area contributed by atoms with Crippen LogP contribution in [0.5, 0.6) is 17.2 Å². The Labute approximate surface area is 159 Å². The second-order valence-corrected chi connectivity index (χ2v) is 6.35. The first kappa shape index (κ1) is 19.0. The van der Waals surface area contributed by atoms with Crippen LogP contribution in [-0.2, 0) is 16.0 Å². The van der Waals surface area contributed by atoms with Gasteiger partial charge in [-0.05, 0) is 42.0 Å². The van der Waals surface area contributed by atoms with Gasteiger partial charge in [0.15, 0.2) is 0 Å². The Bertz CT molecular complexity index is 729. The molecule has 3 rings (SSSR count). The lowest BCUT2D eigenvalue weighted by atomic mass is 10.1. The molecule has 1 atom stereocenters. The van der Waals surface area contributed by atoms with E-state index in [4.69, 9.17) is 18.9 Å². The van der Waals surface area contributed by atoms with Crippen molar-refractivity contribution in [2.45, 2.75) is 12.5 Å². The number of methoxy groups -OCH3 is 2. The molecule has 0 bridgehead atoms. The van der Waals surface area contributed by atoms with Crippen molar-refractivity contribution in [3.05, 3.63) is 54.1 Å². The molecule has 0 aromatic heterocycles. The van der Waals surface area contributed by atoms with Crippen molar-refractivity contribution in [1.29, 1.82) is 0 Å². The highest BCUT2D eigenvalue weighted by molar-refractivity contribution is 5.78. The van der Waals surface area contributed by atoms with Crippen LogP contribution in [0.2, 0.25) is 0 Å². The fourth-order valence-corrected chi connectivity index (χ4v) is 2.95. The fraction of sp³-hybridized carbons (Fsp3) is 0.381. The number of rotatable bonds is 6. The molecule has 0 saturated carbocycles. The molecule has 1 heterocycles. The SMILES string of the molecule is COc1ccc(CC(=O)N2CCOC[C@H](Oc3ccc(OC)cc3)C2)cc1. The number of carbonyl (C=O) groups excluding carboxylic acids is 1. The predicted molar refractivity (Wildman–Crippen MR) is 102 cm³/mol. The topological polar surface area (TPSA) is 57.2 Å². The van der Waals surface area contributed by atoms with Gasteiger partial charge >= 0.3 is 0 Å². The predicted octanol–water partition coefficient (Wildman–Crippen LogP) is 2.55. The summed E-state index contributed by atoms with van der Waals surface area (Å²) in [4.78, 5) is 14.5. The van der Waals surface area contributed by atoms with Gasteiger partial charge in [0.05, 0.1) is 40.4 Å². The Morgan fingerprint density at radius 2 is 1.59 bits per heavy atom. The Morgan fingerprint density at radius 3 is 2.22 bits per heavy atom. The van der Waals surface area contributed by atoms with Gasteiger partial charge in [-0.15, -0.1) is 0 Å². The summed E-state index contributed by atoms with van der Waals surface area (Å²) in [5, 5.41) is 0. The minimum absolute atomic E-state index is 0.0639. The number of amides is 1. The lowest BCUT2D eigenvalue weighted by molar-refractivity contribution is -0.131. The van der Waals surface area contributed by atoms with Gasteiger partial charge in [-0.1, -0.05) is 12.1 Å². The minimum Gasteiger partial charge on any atom is -0.497 e. The van der Waals surface area contributed by atoms with Crippen molar-refractivity contribution >= 4 is 5.91 Å². The molecule has 1 fully saturated rings. The van der Waals surface area contributed by atoms with Gasteiger partial charge in [0.25, 0.3) is 0 Å². The summed E-state index contributed by atoms with van der Waals surface area (Å²) in [6.07, 6.45) is 0.139. The molecule has 0 aliphatic carbocycles. The summed E-state index contributed by atoms with van der Waals surface area (Å²) in [6, 6.07) is 15.0. The molecule has 0 N–H and O–H groups in total. The molecule has 1 saturated heterocycles. The van der Waals surface area contributed by atoms with Gasteiger partial charge < -0.3 is 23.8 Å². The van der Waals surface area contributed by atoms with E-state index in [1.807, 2.05) is 53.4 Å². The number of benzene rings is 2. The van der Waals surface area contributed by atoms with Crippen LogP contribution in [0.4, 0.5) is 0 Å². The molecule has 2 aromatic carbocycles. The molecular weight excluding hydrogens is 346 g/mol. The van der Waals surface area contributed by atoms with E-state index in [9.17, 15) is 4.79 Å². The van der Waals surface area contributed by atoms with Crippen molar-refractivity contribution in [2.24, 2.45) is 0 Å². The summed E-state index contributed by atoms with van der Waals surface area (Å²) >= 11 is 0. The Morgan fingerprint density at radius 1 is 1.00 bits per heavy atom. The van der Waals surface area contributed by atoms with Crippen molar-refractivity contribution in [1.82, 2.24) is 4.90 Å². The summed E-state index contributed by atoms with van der Waals surface area (Å²) < 4.78 is 21.9. The molecule has 2 aromatic rings. The molecule has 1 amide bonds. The molecule has 6 nitrogen and oxygen atoms in total. The van der Waals surface area contributed by atoms with Crippen LogP contribution in [0.3, 0.4) is 0 Å². The lowest BCUT2D eigenvalue weighted by Gasteiger charge is -2.24. The number of hydrogen-bond acceptors (Lipinski definition) is 5. The first-order valence-corrected chi connectivity index (χ1v) is 8.97. The largest absolute Gasteiger partial charge is 0.497 e. The lowest BCUT2D eigenvalue weighted by Crippen LogP contribution is -2.40. The van der Waals surface area contributed by atoms with Gasteiger partial charge in [-0.25, -0.2) is 0 Å². The van der Waals surface area contributed by atoms with Crippen molar-refractivity contribution < 1.29 is 23.7 Å². The highest BCUT2D eigenvalue weighted by Gasteiger charge is 2.24. The number of hydrogen-bond donors (Lipinski definition) is 0. The Hall–Kier alpha value is -2.73. The maximum atomic E-state index is 12.7. The van der Waals surface area contributed by atoms with E-state index in [0.717, 1.165) is 22.8 Å². The average Bonchev–Trinajstić information content (AvgIpc) is 2.95. The van der Waals surface area contributed by atoms with Crippen LogP contribution in [0, 0.1) is 0 Å². The molecular formula is C21H25NO5. The molecule has 0 radical (unpaired) electrons. The summed E-state index contributed by atoms with van der Waals surface area (Å²) in [6.45, 7) is 2.04. The van der Waals surface area contributed by atoms with E-state index in [0.29, 0.717) is 32.7 Å². The normalized spacial score (nSPS) is 17.1. The zero-order chi connectivity index (χ0) is 19.1. The van der Waals surface area contributed by atoms with Gasteiger partial charge in [0.1, 0.15) is 23.4 Å². The quantitative estimate of drug-likeness (QED) is 0.781. The third-order valence-corrected chi connectivity index (χ3v) is 4.46.